The van der Waals surface area contributed by atoms with Gasteiger partial charge in [0.2, 0.25) is 0 Å². The molecule has 4 heteroatoms. The molecule has 0 spiro atoms. The Morgan fingerprint density at radius 1 is 1.23 bits per heavy atom. The number of amides is 2. The fourth-order valence-electron chi connectivity index (χ4n) is 2.64. The Morgan fingerprint density at radius 2 is 2.09 bits per heavy atom. The highest BCUT2D eigenvalue weighted by atomic mass is 16.5. The molecule has 2 amide bonds. The number of nitrogens with one attached hydrogen (secondary N) is 2. The first kappa shape index (κ1) is 14.4. The van der Waals surface area contributed by atoms with Crippen LogP contribution in [-0.2, 0) is 12.8 Å². The summed E-state index contributed by atoms with van der Waals surface area (Å²) in [4.78, 5) is 12.1. The number of carbonyl (C=O) groups excluding carboxylic acids is 1. The summed E-state index contributed by atoms with van der Waals surface area (Å²) in [6, 6.07) is 15.6. The standard InChI is InChI=1S/C18H20N2O2/c1-2-13-6-5-8-15(10-13)19-18(21)20-16-11-14-7-3-4-9-17(14)22-12-16/h3-10,16H,2,11-12H2,1H3,(H2,19,20,21)/t16-/m0/s1. The number of anilines is 1. The molecule has 114 valence electrons. The van der Waals surface area contributed by atoms with Crippen molar-refractivity contribution >= 4 is 11.7 Å². The number of hydrogen-bond donors (Lipinski definition) is 2. The molecule has 1 aliphatic heterocycles. The van der Waals surface area contributed by atoms with Crippen LogP contribution >= 0.6 is 0 Å². The van der Waals surface area contributed by atoms with E-state index >= 15 is 0 Å². The van der Waals surface area contributed by atoms with E-state index in [1.807, 2.05) is 42.5 Å². The molecule has 0 fully saturated rings. The monoisotopic (exact) mass is 296 g/mol. The van der Waals surface area contributed by atoms with Crippen molar-refractivity contribution in [2.75, 3.05) is 11.9 Å². The quantitative estimate of drug-likeness (QED) is 0.912. The molecule has 22 heavy (non-hydrogen) atoms. The molecule has 0 saturated heterocycles. The van der Waals surface area contributed by atoms with Crippen LogP contribution in [0.2, 0.25) is 0 Å². The second kappa shape index (κ2) is 6.52. The topological polar surface area (TPSA) is 50.4 Å². The minimum absolute atomic E-state index is 0.00995. The molecule has 1 heterocycles. The number of carbonyl (C=O) groups is 1. The summed E-state index contributed by atoms with van der Waals surface area (Å²) in [5.74, 6) is 0.914. The molecule has 0 radical (unpaired) electrons. The second-order valence-electron chi connectivity index (χ2n) is 5.47. The first-order valence-corrected chi connectivity index (χ1v) is 7.62. The van der Waals surface area contributed by atoms with Crippen molar-refractivity contribution in [2.45, 2.75) is 25.8 Å². The Kier molecular flexibility index (Phi) is 4.28. The van der Waals surface area contributed by atoms with E-state index in [0.29, 0.717) is 6.61 Å². The lowest BCUT2D eigenvalue weighted by Gasteiger charge is -2.26. The van der Waals surface area contributed by atoms with Gasteiger partial charge in [0.1, 0.15) is 12.4 Å². The number of hydrogen-bond acceptors (Lipinski definition) is 2. The molecule has 0 aromatic heterocycles. The SMILES string of the molecule is CCc1cccc(NC(=O)N[C@@H]2COc3ccccc3C2)c1. The first-order valence-electron chi connectivity index (χ1n) is 7.62. The lowest BCUT2D eigenvalue weighted by Crippen LogP contribution is -2.44. The van der Waals surface area contributed by atoms with Crippen LogP contribution in [0.15, 0.2) is 48.5 Å². The fraction of sp³-hybridized carbons (Fsp3) is 0.278. The Labute approximate surface area is 130 Å². The molecule has 1 aliphatic rings. The van der Waals surface area contributed by atoms with Gasteiger partial charge in [-0.05, 0) is 42.2 Å². The van der Waals surface area contributed by atoms with Crippen LogP contribution in [0.5, 0.6) is 5.75 Å². The van der Waals surface area contributed by atoms with E-state index in [0.717, 1.165) is 29.8 Å². The van der Waals surface area contributed by atoms with Gasteiger partial charge in [0.15, 0.2) is 0 Å². The van der Waals surface area contributed by atoms with Crippen molar-refractivity contribution in [3.05, 3.63) is 59.7 Å². The molecule has 0 aliphatic carbocycles. The molecule has 2 aromatic carbocycles. The van der Waals surface area contributed by atoms with Crippen LogP contribution < -0.4 is 15.4 Å². The molecular weight excluding hydrogens is 276 g/mol. The highest BCUT2D eigenvalue weighted by molar-refractivity contribution is 5.89. The summed E-state index contributed by atoms with van der Waals surface area (Å²) < 4.78 is 5.68. The lowest BCUT2D eigenvalue weighted by molar-refractivity contribution is 0.222. The van der Waals surface area contributed by atoms with E-state index in [1.54, 1.807) is 0 Å². The van der Waals surface area contributed by atoms with Crippen molar-refractivity contribution in [2.24, 2.45) is 0 Å². The number of fused-ring (bicyclic) bond motifs is 1. The molecule has 2 aromatic rings. The maximum atomic E-state index is 12.1. The maximum absolute atomic E-state index is 12.1. The summed E-state index contributed by atoms with van der Waals surface area (Å²) in [5, 5.41) is 5.85. The van der Waals surface area contributed by atoms with Crippen molar-refractivity contribution in [3.8, 4) is 5.75 Å². The van der Waals surface area contributed by atoms with Crippen molar-refractivity contribution in [3.63, 3.8) is 0 Å². The summed E-state index contributed by atoms with van der Waals surface area (Å²) in [6.45, 7) is 2.59. The number of benzene rings is 2. The van der Waals surface area contributed by atoms with Crippen LogP contribution in [-0.4, -0.2) is 18.7 Å². The summed E-state index contributed by atoms with van der Waals surface area (Å²) in [7, 11) is 0. The minimum atomic E-state index is -0.193. The van der Waals surface area contributed by atoms with Gasteiger partial charge in [-0.3, -0.25) is 0 Å². The molecular formula is C18H20N2O2. The van der Waals surface area contributed by atoms with E-state index in [-0.39, 0.29) is 12.1 Å². The maximum Gasteiger partial charge on any atom is 0.319 e. The lowest BCUT2D eigenvalue weighted by atomic mass is 10.0. The van der Waals surface area contributed by atoms with Gasteiger partial charge in [-0.1, -0.05) is 37.3 Å². The largest absolute Gasteiger partial charge is 0.491 e. The smallest absolute Gasteiger partial charge is 0.319 e. The number of rotatable bonds is 3. The van der Waals surface area contributed by atoms with E-state index < -0.39 is 0 Å². The van der Waals surface area contributed by atoms with Gasteiger partial charge in [-0.15, -0.1) is 0 Å². The van der Waals surface area contributed by atoms with Crippen molar-refractivity contribution in [1.82, 2.24) is 5.32 Å². The van der Waals surface area contributed by atoms with Crippen LogP contribution in [0.4, 0.5) is 10.5 Å². The molecule has 3 rings (SSSR count). The van der Waals surface area contributed by atoms with Crippen LogP contribution in [0.25, 0.3) is 0 Å². The third-order valence-corrected chi connectivity index (χ3v) is 3.81. The molecule has 2 N–H and O–H groups in total. The number of para-hydroxylation sites is 1. The first-order chi connectivity index (χ1) is 10.7. The zero-order chi connectivity index (χ0) is 15.4. The van der Waals surface area contributed by atoms with E-state index in [1.165, 1.54) is 5.56 Å². The molecule has 1 atom stereocenters. The van der Waals surface area contributed by atoms with E-state index in [4.69, 9.17) is 4.74 Å². The van der Waals surface area contributed by atoms with Crippen LogP contribution in [0.3, 0.4) is 0 Å². The zero-order valence-corrected chi connectivity index (χ0v) is 12.6. The van der Waals surface area contributed by atoms with Gasteiger partial charge >= 0.3 is 6.03 Å². The molecule has 0 bridgehead atoms. The number of aryl methyl sites for hydroxylation is 1. The van der Waals surface area contributed by atoms with Crippen LogP contribution in [0.1, 0.15) is 18.1 Å². The third-order valence-electron chi connectivity index (χ3n) is 3.81. The van der Waals surface area contributed by atoms with Gasteiger partial charge < -0.3 is 15.4 Å². The minimum Gasteiger partial charge on any atom is -0.491 e. The van der Waals surface area contributed by atoms with Gasteiger partial charge in [0, 0.05) is 5.69 Å². The Morgan fingerprint density at radius 3 is 2.95 bits per heavy atom. The van der Waals surface area contributed by atoms with Gasteiger partial charge in [0.05, 0.1) is 6.04 Å². The van der Waals surface area contributed by atoms with Crippen molar-refractivity contribution in [1.29, 1.82) is 0 Å². The second-order valence-corrected chi connectivity index (χ2v) is 5.47. The predicted molar refractivity (Wildman–Crippen MR) is 87.4 cm³/mol. The van der Waals surface area contributed by atoms with Gasteiger partial charge in [-0.25, -0.2) is 4.79 Å². The van der Waals surface area contributed by atoms with Crippen molar-refractivity contribution < 1.29 is 9.53 Å². The highest BCUT2D eigenvalue weighted by Crippen LogP contribution is 2.23. The summed E-state index contributed by atoms with van der Waals surface area (Å²) >= 11 is 0. The van der Waals surface area contributed by atoms with E-state index in [9.17, 15) is 4.79 Å². The fourth-order valence-corrected chi connectivity index (χ4v) is 2.64. The van der Waals surface area contributed by atoms with Gasteiger partial charge in [-0.2, -0.15) is 0 Å². The predicted octanol–water partition coefficient (Wildman–Crippen LogP) is 3.37. The van der Waals surface area contributed by atoms with E-state index in [2.05, 4.69) is 23.6 Å². The van der Waals surface area contributed by atoms with Crippen LogP contribution in [0, 0.1) is 0 Å². The molecule has 4 nitrogen and oxygen atoms in total. The Balaban J connectivity index is 1.58. The average Bonchev–Trinajstić information content (AvgIpc) is 2.55. The normalized spacial score (nSPS) is 16.3. The Hall–Kier alpha value is -2.49. The zero-order valence-electron chi connectivity index (χ0n) is 12.6. The Bertz CT molecular complexity index is 670. The summed E-state index contributed by atoms with van der Waals surface area (Å²) in [5.41, 5.74) is 3.15. The number of urea groups is 1. The summed E-state index contributed by atoms with van der Waals surface area (Å²) in [6.07, 6.45) is 1.74. The number of ether oxygens (including phenoxy) is 1. The highest BCUT2D eigenvalue weighted by Gasteiger charge is 2.20. The average molecular weight is 296 g/mol. The molecule has 0 unspecified atom stereocenters. The molecule has 0 saturated carbocycles. The third kappa shape index (κ3) is 3.39. The van der Waals surface area contributed by atoms with Gasteiger partial charge in [0.25, 0.3) is 0 Å².